The van der Waals surface area contributed by atoms with Gasteiger partial charge in [-0.1, -0.05) is 30.3 Å². The van der Waals surface area contributed by atoms with Gasteiger partial charge in [0.1, 0.15) is 11.4 Å². The van der Waals surface area contributed by atoms with Gasteiger partial charge < -0.3 is 5.32 Å². The molecule has 0 unspecified atom stereocenters. The largest absolute Gasteiger partial charge is 0.341 e. The molecule has 1 saturated heterocycles. The first-order valence-corrected chi connectivity index (χ1v) is 12.3. The third-order valence-electron chi connectivity index (χ3n) is 6.44. The van der Waals surface area contributed by atoms with Crippen molar-refractivity contribution in [2.24, 2.45) is 0 Å². The smallest absolute Gasteiger partial charge is 0.251 e. The molecule has 4 rings (SSSR count). The quantitative estimate of drug-likeness (QED) is 0.499. The van der Waals surface area contributed by atoms with Crippen LogP contribution in [-0.4, -0.2) is 55.6 Å². The zero-order valence-electron chi connectivity index (χ0n) is 21.2. The first-order chi connectivity index (χ1) is 17.1. The fourth-order valence-corrected chi connectivity index (χ4v) is 4.47. The summed E-state index contributed by atoms with van der Waals surface area (Å²) in [7, 11) is 0. The summed E-state index contributed by atoms with van der Waals surface area (Å²) in [5, 5.41) is 10.2. The van der Waals surface area contributed by atoms with Crippen LogP contribution in [0.1, 0.15) is 46.1 Å². The fourth-order valence-electron chi connectivity index (χ4n) is 4.47. The summed E-state index contributed by atoms with van der Waals surface area (Å²) in [5.41, 5.74) is 0.494. The van der Waals surface area contributed by atoms with Crippen molar-refractivity contribution in [3.8, 4) is 11.4 Å². The maximum Gasteiger partial charge on any atom is 0.251 e. The predicted octanol–water partition coefficient (Wildman–Crippen LogP) is 3.84. The normalized spacial score (nSPS) is 16.3. The highest BCUT2D eigenvalue weighted by molar-refractivity contribution is 5.99. The molecular formula is C27H33FN6O2. The standard InChI is InChI=1S/C27H33FN6O2/c1-18(2)33-16-8-11-22(33)24(35)31-27(3,4)25(36)30-26-29-23(20-12-14-21(28)15-13-20)34(32-26)17-19-9-6-5-7-10-19/h5-7,9-10,12-15,18,22H,8,11,16-17H2,1-4H3,(H,31,35)(H,30,32,36)/t22-/m1/s1. The predicted molar refractivity (Wildman–Crippen MR) is 137 cm³/mol. The number of benzene rings is 2. The van der Waals surface area contributed by atoms with Crippen molar-refractivity contribution in [2.45, 2.75) is 64.7 Å². The van der Waals surface area contributed by atoms with Gasteiger partial charge in [-0.25, -0.2) is 9.07 Å². The summed E-state index contributed by atoms with van der Waals surface area (Å²) >= 11 is 0. The van der Waals surface area contributed by atoms with Crippen LogP contribution in [0.5, 0.6) is 0 Å². The maximum absolute atomic E-state index is 13.5. The number of amides is 2. The third-order valence-corrected chi connectivity index (χ3v) is 6.44. The van der Waals surface area contributed by atoms with Crippen LogP contribution in [0.25, 0.3) is 11.4 Å². The van der Waals surface area contributed by atoms with E-state index in [-0.39, 0.29) is 29.8 Å². The van der Waals surface area contributed by atoms with Crippen molar-refractivity contribution in [3.63, 3.8) is 0 Å². The van der Waals surface area contributed by atoms with Crippen LogP contribution in [-0.2, 0) is 16.1 Å². The average molecular weight is 493 g/mol. The number of nitrogens with zero attached hydrogens (tertiary/aromatic N) is 4. The van der Waals surface area contributed by atoms with Crippen LogP contribution < -0.4 is 10.6 Å². The lowest BCUT2D eigenvalue weighted by Crippen LogP contribution is -2.57. The van der Waals surface area contributed by atoms with Crippen molar-refractivity contribution >= 4 is 17.8 Å². The molecule has 1 aromatic heterocycles. The Morgan fingerprint density at radius 1 is 1.11 bits per heavy atom. The number of aromatic nitrogens is 3. The van der Waals surface area contributed by atoms with Gasteiger partial charge in [0.15, 0.2) is 5.82 Å². The second kappa shape index (κ2) is 10.6. The number of carbonyl (C=O) groups excluding carboxylic acids is 2. The van der Waals surface area contributed by atoms with E-state index in [1.807, 2.05) is 30.3 Å². The average Bonchev–Trinajstić information content (AvgIpc) is 3.48. The van der Waals surface area contributed by atoms with Crippen molar-refractivity contribution in [2.75, 3.05) is 11.9 Å². The number of rotatable bonds is 8. The van der Waals surface area contributed by atoms with Crippen LogP contribution >= 0.6 is 0 Å². The fraction of sp³-hybridized carbons (Fsp3) is 0.407. The Morgan fingerprint density at radius 3 is 2.47 bits per heavy atom. The van der Waals surface area contributed by atoms with Gasteiger partial charge in [0.2, 0.25) is 11.9 Å². The summed E-state index contributed by atoms with van der Waals surface area (Å²) in [5.74, 6) is -0.322. The molecule has 0 spiro atoms. The highest BCUT2D eigenvalue weighted by Gasteiger charge is 2.37. The Labute approximate surface area is 210 Å². The van der Waals surface area contributed by atoms with E-state index in [0.717, 1.165) is 24.9 Å². The molecule has 190 valence electrons. The number of hydrogen-bond donors (Lipinski definition) is 2. The first-order valence-electron chi connectivity index (χ1n) is 12.3. The number of nitrogens with one attached hydrogen (secondary N) is 2. The molecule has 8 nitrogen and oxygen atoms in total. The van der Waals surface area contributed by atoms with E-state index < -0.39 is 11.4 Å². The molecule has 1 atom stereocenters. The highest BCUT2D eigenvalue weighted by atomic mass is 19.1. The second-order valence-corrected chi connectivity index (χ2v) is 9.97. The summed E-state index contributed by atoms with van der Waals surface area (Å²) in [6.07, 6.45) is 1.73. The van der Waals surface area contributed by atoms with Crippen LogP contribution in [0.2, 0.25) is 0 Å². The van der Waals surface area contributed by atoms with E-state index in [1.54, 1.807) is 30.7 Å². The van der Waals surface area contributed by atoms with Crippen molar-refractivity contribution in [3.05, 3.63) is 66.0 Å². The van der Waals surface area contributed by atoms with Crippen LogP contribution in [0.3, 0.4) is 0 Å². The van der Waals surface area contributed by atoms with Crippen LogP contribution in [0, 0.1) is 5.82 Å². The van der Waals surface area contributed by atoms with Gasteiger partial charge in [0.05, 0.1) is 12.6 Å². The maximum atomic E-state index is 13.5. The van der Waals surface area contributed by atoms with Crippen molar-refractivity contribution < 1.29 is 14.0 Å². The minimum absolute atomic E-state index is 0.113. The molecule has 2 aromatic carbocycles. The summed E-state index contributed by atoms with van der Waals surface area (Å²) in [6.45, 7) is 8.76. The minimum Gasteiger partial charge on any atom is -0.341 e. The molecule has 0 bridgehead atoms. The first kappa shape index (κ1) is 25.5. The Balaban J connectivity index is 1.53. The molecule has 2 heterocycles. The van der Waals surface area contributed by atoms with Crippen LogP contribution in [0.4, 0.5) is 10.3 Å². The molecule has 1 fully saturated rings. The number of halogens is 1. The highest BCUT2D eigenvalue weighted by Crippen LogP contribution is 2.23. The topological polar surface area (TPSA) is 92.2 Å². The van der Waals surface area contributed by atoms with Gasteiger partial charge in [0.25, 0.3) is 5.91 Å². The zero-order chi connectivity index (χ0) is 25.9. The number of anilines is 1. The van der Waals surface area contributed by atoms with Gasteiger partial charge in [-0.2, -0.15) is 4.98 Å². The SMILES string of the molecule is CC(C)N1CCC[C@@H]1C(=O)NC(C)(C)C(=O)Nc1nc(-c2ccc(F)cc2)n(Cc2ccccc2)n1. The molecule has 36 heavy (non-hydrogen) atoms. The van der Waals surface area contributed by atoms with E-state index in [1.165, 1.54) is 12.1 Å². The van der Waals surface area contributed by atoms with Gasteiger partial charge in [0, 0.05) is 11.6 Å². The van der Waals surface area contributed by atoms with E-state index >= 15 is 0 Å². The van der Waals surface area contributed by atoms with Crippen molar-refractivity contribution in [1.29, 1.82) is 0 Å². The van der Waals surface area contributed by atoms with E-state index in [4.69, 9.17) is 0 Å². The lowest BCUT2D eigenvalue weighted by Gasteiger charge is -2.31. The molecule has 9 heteroatoms. The molecule has 0 radical (unpaired) electrons. The van der Waals surface area contributed by atoms with Gasteiger partial charge in [-0.3, -0.25) is 19.8 Å². The van der Waals surface area contributed by atoms with E-state index in [2.05, 4.69) is 39.5 Å². The third kappa shape index (κ3) is 5.79. The Kier molecular flexibility index (Phi) is 7.49. The van der Waals surface area contributed by atoms with Gasteiger partial charge >= 0.3 is 0 Å². The van der Waals surface area contributed by atoms with Gasteiger partial charge in [-0.05, 0) is 76.9 Å². The molecular weight excluding hydrogens is 459 g/mol. The molecule has 3 aromatic rings. The number of likely N-dealkylation sites (tertiary alicyclic amines) is 1. The molecule has 0 saturated carbocycles. The lowest BCUT2D eigenvalue weighted by molar-refractivity contribution is -0.132. The number of carbonyl (C=O) groups is 2. The Hall–Kier alpha value is -3.59. The van der Waals surface area contributed by atoms with Gasteiger partial charge in [-0.15, -0.1) is 5.10 Å². The second-order valence-electron chi connectivity index (χ2n) is 9.97. The van der Waals surface area contributed by atoms with E-state index in [9.17, 15) is 14.0 Å². The van der Waals surface area contributed by atoms with Crippen LogP contribution in [0.15, 0.2) is 54.6 Å². The van der Waals surface area contributed by atoms with Crippen molar-refractivity contribution in [1.82, 2.24) is 25.0 Å². The Bertz CT molecular complexity index is 1210. The molecule has 2 amide bonds. The summed E-state index contributed by atoms with van der Waals surface area (Å²) < 4.78 is 15.2. The zero-order valence-corrected chi connectivity index (χ0v) is 21.2. The lowest BCUT2D eigenvalue weighted by atomic mass is 10.0. The molecule has 1 aliphatic rings. The monoisotopic (exact) mass is 492 g/mol. The number of hydrogen-bond acceptors (Lipinski definition) is 5. The molecule has 1 aliphatic heterocycles. The summed E-state index contributed by atoms with van der Waals surface area (Å²) in [6, 6.07) is 15.7. The minimum atomic E-state index is -1.18. The Morgan fingerprint density at radius 2 is 1.81 bits per heavy atom. The molecule has 0 aliphatic carbocycles. The van der Waals surface area contributed by atoms with E-state index in [0.29, 0.717) is 17.9 Å². The summed E-state index contributed by atoms with van der Waals surface area (Å²) in [4.78, 5) is 32.9. The molecule has 2 N–H and O–H groups in total.